The van der Waals surface area contributed by atoms with Gasteiger partial charge in [-0.05, 0) is 32.6 Å². The van der Waals surface area contributed by atoms with E-state index in [1.807, 2.05) is 0 Å². The Morgan fingerprint density at radius 2 is 1.88 bits per heavy atom. The van der Waals surface area contributed by atoms with E-state index in [4.69, 9.17) is 4.74 Å². The number of urea groups is 1. The van der Waals surface area contributed by atoms with Crippen LogP contribution in [0, 0.1) is 0 Å². The number of amides is 4. The minimum absolute atomic E-state index is 0.0671. The van der Waals surface area contributed by atoms with E-state index in [-0.39, 0.29) is 18.5 Å². The number of likely N-dealkylation sites (tertiary alicyclic amines) is 1. The molecule has 4 amide bonds. The van der Waals surface area contributed by atoms with Gasteiger partial charge in [-0.3, -0.25) is 19.7 Å². The van der Waals surface area contributed by atoms with E-state index in [1.54, 1.807) is 0 Å². The SMILES string of the molecule is CC(OC(=O)CN1CCCCCC1=O)C(=O)NC(=O)NC1CCCC1. The molecule has 8 nitrogen and oxygen atoms in total. The third kappa shape index (κ3) is 6.36. The van der Waals surface area contributed by atoms with Gasteiger partial charge in [0.1, 0.15) is 6.54 Å². The molecule has 1 saturated heterocycles. The summed E-state index contributed by atoms with van der Waals surface area (Å²) in [6, 6.07) is -0.470. The van der Waals surface area contributed by atoms with E-state index >= 15 is 0 Å². The van der Waals surface area contributed by atoms with Gasteiger partial charge in [0.15, 0.2) is 6.10 Å². The molecule has 140 valence electrons. The molecule has 0 aromatic heterocycles. The summed E-state index contributed by atoms with van der Waals surface area (Å²) in [6.45, 7) is 1.77. The van der Waals surface area contributed by atoms with Gasteiger partial charge in [0, 0.05) is 19.0 Å². The van der Waals surface area contributed by atoms with Crippen molar-refractivity contribution in [3.05, 3.63) is 0 Å². The van der Waals surface area contributed by atoms with Gasteiger partial charge >= 0.3 is 12.0 Å². The average Bonchev–Trinajstić information content (AvgIpc) is 2.97. The van der Waals surface area contributed by atoms with Crippen LogP contribution in [0.1, 0.15) is 58.3 Å². The molecule has 2 aliphatic rings. The lowest BCUT2D eigenvalue weighted by molar-refractivity contribution is -0.157. The topological polar surface area (TPSA) is 105 Å². The highest BCUT2D eigenvalue weighted by Crippen LogP contribution is 2.17. The molecule has 0 aromatic carbocycles. The quantitative estimate of drug-likeness (QED) is 0.720. The number of hydrogen-bond donors (Lipinski definition) is 2. The Labute approximate surface area is 147 Å². The van der Waals surface area contributed by atoms with Gasteiger partial charge in [-0.25, -0.2) is 4.79 Å². The third-order valence-corrected chi connectivity index (χ3v) is 4.60. The van der Waals surface area contributed by atoms with Crippen LogP contribution in [-0.4, -0.2) is 54.0 Å². The molecule has 0 aromatic rings. The smallest absolute Gasteiger partial charge is 0.326 e. The number of nitrogens with one attached hydrogen (secondary N) is 2. The van der Waals surface area contributed by atoms with E-state index in [0.717, 1.165) is 44.9 Å². The van der Waals surface area contributed by atoms with Gasteiger partial charge in [0.05, 0.1) is 0 Å². The Balaban J connectivity index is 1.72. The first kappa shape index (κ1) is 19.2. The van der Waals surface area contributed by atoms with Gasteiger partial charge in [-0.1, -0.05) is 19.3 Å². The lowest BCUT2D eigenvalue weighted by Crippen LogP contribution is -2.47. The van der Waals surface area contributed by atoms with Crippen LogP contribution in [0.4, 0.5) is 4.79 Å². The van der Waals surface area contributed by atoms with Gasteiger partial charge in [-0.15, -0.1) is 0 Å². The molecular formula is C17H27N3O5. The second-order valence-corrected chi connectivity index (χ2v) is 6.70. The fourth-order valence-electron chi connectivity index (χ4n) is 3.15. The van der Waals surface area contributed by atoms with Gasteiger partial charge < -0.3 is 15.0 Å². The number of ether oxygens (including phenoxy) is 1. The van der Waals surface area contributed by atoms with Crippen molar-refractivity contribution < 1.29 is 23.9 Å². The summed E-state index contributed by atoms with van der Waals surface area (Å²) in [4.78, 5) is 49.0. The zero-order valence-corrected chi connectivity index (χ0v) is 14.7. The van der Waals surface area contributed by atoms with Crippen LogP contribution in [0.2, 0.25) is 0 Å². The molecule has 1 saturated carbocycles. The maximum Gasteiger partial charge on any atom is 0.326 e. The number of rotatable bonds is 5. The lowest BCUT2D eigenvalue weighted by Gasteiger charge is -2.21. The van der Waals surface area contributed by atoms with Crippen LogP contribution in [0.3, 0.4) is 0 Å². The Hall–Kier alpha value is -2.12. The molecule has 1 aliphatic heterocycles. The molecular weight excluding hydrogens is 326 g/mol. The van der Waals surface area contributed by atoms with Crippen LogP contribution in [0.5, 0.6) is 0 Å². The number of nitrogens with zero attached hydrogens (tertiary/aromatic N) is 1. The van der Waals surface area contributed by atoms with Crippen LogP contribution in [0.25, 0.3) is 0 Å². The minimum atomic E-state index is -1.09. The van der Waals surface area contributed by atoms with Gasteiger partial charge in [-0.2, -0.15) is 0 Å². The summed E-state index contributed by atoms with van der Waals surface area (Å²) in [7, 11) is 0. The van der Waals surface area contributed by atoms with Crippen LogP contribution < -0.4 is 10.6 Å². The zero-order chi connectivity index (χ0) is 18.2. The summed E-state index contributed by atoms with van der Waals surface area (Å²) in [5.41, 5.74) is 0. The van der Waals surface area contributed by atoms with E-state index in [2.05, 4.69) is 10.6 Å². The molecule has 1 aliphatic carbocycles. The fraction of sp³-hybridized carbons (Fsp3) is 0.765. The van der Waals surface area contributed by atoms with E-state index in [9.17, 15) is 19.2 Å². The highest BCUT2D eigenvalue weighted by Gasteiger charge is 2.25. The predicted octanol–water partition coefficient (Wildman–Crippen LogP) is 1.09. The van der Waals surface area contributed by atoms with Gasteiger partial charge in [0.2, 0.25) is 5.91 Å². The molecule has 0 bridgehead atoms. The first-order valence-electron chi connectivity index (χ1n) is 9.04. The second kappa shape index (κ2) is 9.39. The summed E-state index contributed by atoms with van der Waals surface area (Å²) < 4.78 is 5.05. The number of imide groups is 1. The maximum atomic E-state index is 12.0. The van der Waals surface area contributed by atoms with Gasteiger partial charge in [0.25, 0.3) is 5.91 Å². The number of hydrogen-bond acceptors (Lipinski definition) is 5. The van der Waals surface area contributed by atoms with E-state index in [1.165, 1.54) is 11.8 Å². The first-order valence-corrected chi connectivity index (χ1v) is 9.04. The van der Waals surface area contributed by atoms with Crippen LogP contribution >= 0.6 is 0 Å². The molecule has 25 heavy (non-hydrogen) atoms. The summed E-state index contributed by atoms with van der Waals surface area (Å²) >= 11 is 0. The van der Waals surface area contributed by atoms with Crippen molar-refractivity contribution in [3.63, 3.8) is 0 Å². The molecule has 0 spiro atoms. The van der Waals surface area contributed by atoms with Crippen molar-refractivity contribution in [1.82, 2.24) is 15.5 Å². The Bertz CT molecular complexity index is 516. The number of esters is 1. The molecule has 2 N–H and O–H groups in total. The second-order valence-electron chi connectivity index (χ2n) is 6.70. The summed E-state index contributed by atoms with van der Waals surface area (Å²) in [6.07, 6.45) is 5.96. The molecule has 2 rings (SSSR count). The van der Waals surface area contributed by atoms with Crippen LogP contribution in [-0.2, 0) is 19.1 Å². The molecule has 1 heterocycles. The number of carbonyl (C=O) groups excluding carboxylic acids is 4. The predicted molar refractivity (Wildman–Crippen MR) is 89.5 cm³/mol. The monoisotopic (exact) mass is 353 g/mol. The van der Waals surface area contributed by atoms with Crippen molar-refractivity contribution >= 4 is 23.8 Å². The third-order valence-electron chi connectivity index (χ3n) is 4.60. The summed E-state index contributed by atoms with van der Waals surface area (Å²) in [5, 5.41) is 4.92. The van der Waals surface area contributed by atoms with E-state index < -0.39 is 24.0 Å². The highest BCUT2D eigenvalue weighted by atomic mass is 16.5. The summed E-state index contributed by atoms with van der Waals surface area (Å²) in [5.74, 6) is -1.39. The average molecular weight is 353 g/mol. The van der Waals surface area contributed by atoms with Crippen molar-refractivity contribution in [2.75, 3.05) is 13.1 Å². The van der Waals surface area contributed by atoms with Crippen LogP contribution in [0.15, 0.2) is 0 Å². The molecule has 8 heteroatoms. The van der Waals surface area contributed by atoms with Crippen molar-refractivity contribution in [1.29, 1.82) is 0 Å². The van der Waals surface area contributed by atoms with E-state index in [0.29, 0.717) is 13.0 Å². The van der Waals surface area contributed by atoms with Crippen molar-refractivity contribution in [2.45, 2.75) is 70.4 Å². The standard InChI is InChI=1S/C17H27N3O5/c1-12(16(23)19-17(24)18-13-7-4-5-8-13)25-15(22)11-20-10-6-2-3-9-14(20)21/h12-13H,2-11H2,1H3,(H2,18,19,23,24). The Morgan fingerprint density at radius 1 is 1.16 bits per heavy atom. The molecule has 2 fully saturated rings. The number of carbonyl (C=O) groups is 4. The zero-order valence-electron chi connectivity index (χ0n) is 14.7. The minimum Gasteiger partial charge on any atom is -0.451 e. The Morgan fingerprint density at radius 3 is 2.60 bits per heavy atom. The Kier molecular flexibility index (Phi) is 7.21. The molecule has 1 atom stereocenters. The van der Waals surface area contributed by atoms with Crippen molar-refractivity contribution in [3.8, 4) is 0 Å². The lowest BCUT2D eigenvalue weighted by atomic mass is 10.2. The fourth-order valence-corrected chi connectivity index (χ4v) is 3.15. The molecule has 1 unspecified atom stereocenters. The maximum absolute atomic E-state index is 12.0. The first-order chi connectivity index (χ1) is 12.0. The normalized spacial score (nSPS) is 19.9. The van der Waals surface area contributed by atoms with Crippen molar-refractivity contribution in [2.24, 2.45) is 0 Å². The largest absolute Gasteiger partial charge is 0.451 e. The highest BCUT2D eigenvalue weighted by molar-refractivity contribution is 5.97. The molecule has 0 radical (unpaired) electrons.